The Hall–Kier alpha value is -1.74. The minimum Gasteiger partial charge on any atom is -0.345 e. The van der Waals surface area contributed by atoms with E-state index in [0.717, 1.165) is 5.17 Å². The molecule has 0 saturated heterocycles. The third-order valence-electron chi connectivity index (χ3n) is 3.73. The van der Waals surface area contributed by atoms with Gasteiger partial charge in [0.1, 0.15) is 6.04 Å². The van der Waals surface area contributed by atoms with Gasteiger partial charge in [0.2, 0.25) is 0 Å². The van der Waals surface area contributed by atoms with E-state index in [1.165, 1.54) is 11.1 Å². The standard InChI is InChI=1S/C17H18N2S/c1-19-16(14-11-7-4-8-12-14)15(18-17(19)20-2)13-9-5-3-6-10-13/h3-12,15-16H,1-2H3. The van der Waals surface area contributed by atoms with Crippen LogP contribution in [0.3, 0.4) is 0 Å². The van der Waals surface area contributed by atoms with Gasteiger partial charge < -0.3 is 4.90 Å². The average Bonchev–Trinajstić information content (AvgIpc) is 2.86. The fourth-order valence-electron chi connectivity index (χ4n) is 2.77. The predicted octanol–water partition coefficient (Wildman–Crippen LogP) is 4.13. The number of rotatable bonds is 2. The van der Waals surface area contributed by atoms with Gasteiger partial charge in [0.25, 0.3) is 0 Å². The second kappa shape index (κ2) is 5.71. The minimum absolute atomic E-state index is 0.172. The molecule has 3 rings (SSSR count). The summed E-state index contributed by atoms with van der Waals surface area (Å²) in [4.78, 5) is 7.21. The van der Waals surface area contributed by atoms with E-state index in [9.17, 15) is 0 Å². The molecule has 1 aliphatic heterocycles. The summed E-state index contributed by atoms with van der Waals surface area (Å²) in [6.45, 7) is 0. The molecule has 1 aliphatic rings. The number of amidine groups is 1. The van der Waals surface area contributed by atoms with Crippen molar-refractivity contribution in [2.24, 2.45) is 4.99 Å². The highest BCUT2D eigenvalue weighted by Gasteiger charge is 2.35. The van der Waals surface area contributed by atoms with E-state index >= 15 is 0 Å². The largest absolute Gasteiger partial charge is 0.345 e. The van der Waals surface area contributed by atoms with Crippen LogP contribution in [0.4, 0.5) is 0 Å². The van der Waals surface area contributed by atoms with Crippen LogP contribution in [0.25, 0.3) is 0 Å². The van der Waals surface area contributed by atoms with Gasteiger partial charge in [-0.1, -0.05) is 72.4 Å². The van der Waals surface area contributed by atoms with Gasteiger partial charge >= 0.3 is 0 Å². The third-order valence-corrected chi connectivity index (χ3v) is 4.49. The van der Waals surface area contributed by atoms with Crippen molar-refractivity contribution in [1.29, 1.82) is 0 Å². The molecule has 0 radical (unpaired) electrons. The molecule has 102 valence electrons. The quantitative estimate of drug-likeness (QED) is 0.823. The maximum atomic E-state index is 4.92. The number of aliphatic imine (C=N–C) groups is 1. The lowest BCUT2D eigenvalue weighted by Crippen LogP contribution is -2.25. The maximum absolute atomic E-state index is 4.92. The molecule has 0 bridgehead atoms. The van der Waals surface area contributed by atoms with Gasteiger partial charge in [-0.25, -0.2) is 0 Å². The Kier molecular flexibility index (Phi) is 3.79. The number of thioether (sulfide) groups is 1. The van der Waals surface area contributed by atoms with Gasteiger partial charge in [-0.05, 0) is 17.4 Å². The number of benzene rings is 2. The van der Waals surface area contributed by atoms with Gasteiger partial charge in [-0.15, -0.1) is 0 Å². The molecule has 2 aromatic carbocycles. The van der Waals surface area contributed by atoms with Crippen molar-refractivity contribution in [3.8, 4) is 0 Å². The topological polar surface area (TPSA) is 15.6 Å². The highest BCUT2D eigenvalue weighted by atomic mass is 32.2. The maximum Gasteiger partial charge on any atom is 0.159 e. The van der Waals surface area contributed by atoms with E-state index in [-0.39, 0.29) is 12.1 Å². The molecule has 20 heavy (non-hydrogen) atoms. The van der Waals surface area contributed by atoms with Crippen LogP contribution in [-0.4, -0.2) is 23.4 Å². The van der Waals surface area contributed by atoms with Gasteiger partial charge in [-0.2, -0.15) is 0 Å². The highest BCUT2D eigenvalue weighted by Crippen LogP contribution is 2.42. The summed E-state index contributed by atoms with van der Waals surface area (Å²) in [5, 5.41) is 1.10. The lowest BCUT2D eigenvalue weighted by Gasteiger charge is -2.27. The van der Waals surface area contributed by atoms with Gasteiger partial charge in [-0.3, -0.25) is 4.99 Å². The van der Waals surface area contributed by atoms with Crippen molar-refractivity contribution < 1.29 is 0 Å². The Morgan fingerprint density at radius 1 is 0.900 bits per heavy atom. The summed E-state index contributed by atoms with van der Waals surface area (Å²) in [5.41, 5.74) is 2.59. The zero-order valence-electron chi connectivity index (χ0n) is 11.7. The van der Waals surface area contributed by atoms with Crippen LogP contribution >= 0.6 is 11.8 Å². The summed E-state index contributed by atoms with van der Waals surface area (Å²) >= 11 is 1.71. The van der Waals surface area contributed by atoms with Crippen LogP contribution in [-0.2, 0) is 0 Å². The molecular formula is C17H18N2S. The van der Waals surface area contributed by atoms with Crippen LogP contribution in [0.5, 0.6) is 0 Å². The predicted molar refractivity (Wildman–Crippen MR) is 87.1 cm³/mol. The second-order valence-corrected chi connectivity index (χ2v) is 5.71. The van der Waals surface area contributed by atoms with Crippen LogP contribution in [0.1, 0.15) is 23.2 Å². The molecule has 2 unspecified atom stereocenters. The van der Waals surface area contributed by atoms with E-state index in [1.54, 1.807) is 11.8 Å². The summed E-state index contributed by atoms with van der Waals surface area (Å²) in [7, 11) is 2.13. The lowest BCUT2D eigenvalue weighted by atomic mass is 9.94. The first-order chi connectivity index (χ1) is 9.81. The number of likely N-dealkylation sites (N-methyl/N-ethyl adjacent to an activating group) is 1. The number of hydrogen-bond donors (Lipinski definition) is 0. The van der Waals surface area contributed by atoms with E-state index < -0.39 is 0 Å². The fraction of sp³-hybridized carbons (Fsp3) is 0.235. The minimum atomic E-state index is 0.172. The molecule has 2 aromatic rings. The molecule has 2 atom stereocenters. The number of nitrogens with zero attached hydrogens (tertiary/aromatic N) is 2. The highest BCUT2D eigenvalue weighted by molar-refractivity contribution is 8.13. The fourth-order valence-corrected chi connectivity index (χ4v) is 3.39. The molecule has 0 spiro atoms. The molecule has 0 N–H and O–H groups in total. The molecule has 0 amide bonds. The van der Waals surface area contributed by atoms with Gasteiger partial charge in [0.05, 0.1) is 6.04 Å². The van der Waals surface area contributed by atoms with Gasteiger partial charge in [0.15, 0.2) is 5.17 Å². The zero-order chi connectivity index (χ0) is 13.9. The first-order valence-corrected chi connectivity index (χ1v) is 7.98. The summed E-state index contributed by atoms with van der Waals surface area (Å²) in [6.07, 6.45) is 2.09. The number of hydrogen-bond acceptors (Lipinski definition) is 3. The molecule has 2 nitrogen and oxygen atoms in total. The lowest BCUT2D eigenvalue weighted by molar-refractivity contribution is 0.367. The second-order valence-electron chi connectivity index (χ2n) is 4.94. The van der Waals surface area contributed by atoms with Gasteiger partial charge in [0, 0.05) is 7.05 Å². The monoisotopic (exact) mass is 282 g/mol. The van der Waals surface area contributed by atoms with E-state index in [1.807, 2.05) is 0 Å². The van der Waals surface area contributed by atoms with E-state index in [4.69, 9.17) is 4.99 Å². The molecule has 0 aliphatic carbocycles. The molecule has 3 heteroatoms. The summed E-state index contributed by atoms with van der Waals surface area (Å²) in [5.74, 6) is 0. The Bertz CT molecular complexity index is 595. The Morgan fingerprint density at radius 2 is 1.45 bits per heavy atom. The van der Waals surface area contributed by atoms with Crippen LogP contribution in [0.2, 0.25) is 0 Å². The Balaban J connectivity index is 2.03. The van der Waals surface area contributed by atoms with Crippen molar-refractivity contribution in [3.05, 3.63) is 71.8 Å². The third kappa shape index (κ3) is 2.34. The molecular weight excluding hydrogens is 264 g/mol. The molecule has 1 heterocycles. The van der Waals surface area contributed by atoms with E-state index in [0.29, 0.717) is 0 Å². The van der Waals surface area contributed by atoms with Crippen molar-refractivity contribution in [2.45, 2.75) is 12.1 Å². The van der Waals surface area contributed by atoms with Crippen molar-refractivity contribution in [3.63, 3.8) is 0 Å². The van der Waals surface area contributed by atoms with Crippen LogP contribution in [0.15, 0.2) is 65.7 Å². The molecule has 0 aromatic heterocycles. The summed E-state index contributed by atoms with van der Waals surface area (Å²) in [6, 6.07) is 21.7. The SMILES string of the molecule is CSC1=NC(c2ccccc2)C(c2ccccc2)N1C. The summed E-state index contributed by atoms with van der Waals surface area (Å²) < 4.78 is 0. The normalized spacial score (nSPS) is 21.9. The smallest absolute Gasteiger partial charge is 0.159 e. The van der Waals surface area contributed by atoms with Crippen LogP contribution in [0, 0.1) is 0 Å². The Labute approximate surface area is 124 Å². The van der Waals surface area contributed by atoms with Crippen LogP contribution < -0.4 is 0 Å². The first-order valence-electron chi connectivity index (χ1n) is 6.76. The van der Waals surface area contributed by atoms with Crippen molar-refractivity contribution in [2.75, 3.05) is 13.3 Å². The molecule has 0 saturated carbocycles. The van der Waals surface area contributed by atoms with Crippen molar-refractivity contribution in [1.82, 2.24) is 4.90 Å². The molecule has 0 fully saturated rings. The Morgan fingerprint density at radius 3 is 2.00 bits per heavy atom. The zero-order valence-corrected chi connectivity index (χ0v) is 12.5. The van der Waals surface area contributed by atoms with E-state index in [2.05, 4.69) is 78.9 Å². The first kappa shape index (κ1) is 13.3. The van der Waals surface area contributed by atoms with Crippen molar-refractivity contribution >= 4 is 16.9 Å². The average molecular weight is 282 g/mol.